The molecule has 0 radical (unpaired) electrons. The first kappa shape index (κ1) is 11.4. The summed E-state index contributed by atoms with van der Waals surface area (Å²) in [6.45, 7) is 4.82. The molecular formula is C13H19NO2. The number of aliphatic hydroxyl groups is 1. The molecule has 1 unspecified atom stereocenters. The molecule has 0 saturated carbocycles. The zero-order valence-corrected chi connectivity index (χ0v) is 9.92. The van der Waals surface area contributed by atoms with Crippen molar-refractivity contribution < 1.29 is 14.7 Å². The van der Waals surface area contributed by atoms with Crippen molar-refractivity contribution in [2.75, 3.05) is 13.2 Å². The molecule has 2 N–H and O–H groups in total. The van der Waals surface area contributed by atoms with Crippen molar-refractivity contribution >= 4 is 5.69 Å². The topological polar surface area (TPSA) is 33.9 Å². The van der Waals surface area contributed by atoms with Crippen molar-refractivity contribution in [2.24, 2.45) is 0 Å². The van der Waals surface area contributed by atoms with E-state index in [1.165, 1.54) is 16.2 Å². The number of quaternary nitrogens is 1. The molecule has 1 atom stereocenters. The molecule has 1 heterocycles. The van der Waals surface area contributed by atoms with Crippen LogP contribution in [0.5, 0.6) is 5.75 Å². The SMILES string of the molecule is [CH2-][NH+]1CCc2c(OCC(C)(C)O)cccc21. The van der Waals surface area contributed by atoms with Crippen molar-refractivity contribution in [1.82, 2.24) is 0 Å². The van der Waals surface area contributed by atoms with Crippen LogP contribution in [0.25, 0.3) is 0 Å². The number of ether oxygens (including phenoxy) is 1. The zero-order valence-electron chi connectivity index (χ0n) is 9.92. The van der Waals surface area contributed by atoms with Crippen LogP contribution in [0.2, 0.25) is 0 Å². The van der Waals surface area contributed by atoms with E-state index in [2.05, 4.69) is 13.1 Å². The van der Waals surface area contributed by atoms with Crippen molar-refractivity contribution in [3.8, 4) is 5.75 Å². The molecule has 0 amide bonds. The average molecular weight is 221 g/mol. The highest BCUT2D eigenvalue weighted by Gasteiger charge is 2.22. The minimum absolute atomic E-state index is 0.315. The fraction of sp³-hybridized carbons (Fsp3) is 0.462. The van der Waals surface area contributed by atoms with Crippen LogP contribution in [0.4, 0.5) is 5.69 Å². The van der Waals surface area contributed by atoms with Crippen molar-refractivity contribution in [3.05, 3.63) is 30.8 Å². The van der Waals surface area contributed by atoms with Gasteiger partial charge in [0.25, 0.3) is 0 Å². The lowest BCUT2D eigenvalue weighted by molar-refractivity contribution is -0.775. The van der Waals surface area contributed by atoms with Gasteiger partial charge in [0.1, 0.15) is 18.0 Å². The van der Waals surface area contributed by atoms with E-state index in [9.17, 15) is 5.11 Å². The third-order valence-electron chi connectivity index (χ3n) is 2.77. The summed E-state index contributed by atoms with van der Waals surface area (Å²) in [7, 11) is 4.04. The second kappa shape index (κ2) is 4.07. The Morgan fingerprint density at radius 2 is 2.25 bits per heavy atom. The van der Waals surface area contributed by atoms with E-state index in [0.717, 1.165) is 18.7 Å². The lowest BCUT2D eigenvalue weighted by atomic mass is 10.1. The van der Waals surface area contributed by atoms with Gasteiger partial charge in [-0.25, -0.2) is 0 Å². The van der Waals surface area contributed by atoms with Gasteiger partial charge in [-0.1, -0.05) is 6.07 Å². The number of benzene rings is 1. The van der Waals surface area contributed by atoms with Crippen LogP contribution in [0.15, 0.2) is 18.2 Å². The molecule has 0 spiro atoms. The molecule has 1 aromatic rings. The zero-order chi connectivity index (χ0) is 11.8. The molecule has 2 rings (SSSR count). The van der Waals surface area contributed by atoms with Crippen molar-refractivity contribution in [2.45, 2.75) is 25.9 Å². The molecule has 0 aromatic heterocycles. The molecule has 1 aliphatic heterocycles. The van der Waals surface area contributed by atoms with Crippen LogP contribution in [-0.2, 0) is 6.42 Å². The molecule has 0 bridgehead atoms. The number of hydrogen-bond acceptors (Lipinski definition) is 2. The Bertz CT molecular complexity index is 382. The maximum absolute atomic E-state index is 9.64. The minimum atomic E-state index is -0.793. The van der Waals surface area contributed by atoms with Gasteiger partial charge in [0, 0.05) is 6.42 Å². The van der Waals surface area contributed by atoms with E-state index in [1.807, 2.05) is 12.1 Å². The van der Waals surface area contributed by atoms with Crippen LogP contribution in [0, 0.1) is 7.05 Å². The molecular weight excluding hydrogens is 202 g/mol. The fourth-order valence-electron chi connectivity index (χ4n) is 1.95. The third-order valence-corrected chi connectivity index (χ3v) is 2.77. The van der Waals surface area contributed by atoms with Gasteiger partial charge in [0.2, 0.25) is 0 Å². The number of fused-ring (bicyclic) bond motifs is 1. The molecule has 16 heavy (non-hydrogen) atoms. The van der Waals surface area contributed by atoms with E-state index in [1.54, 1.807) is 13.8 Å². The van der Waals surface area contributed by atoms with Gasteiger partial charge in [0.05, 0.1) is 17.7 Å². The van der Waals surface area contributed by atoms with E-state index >= 15 is 0 Å². The molecule has 88 valence electrons. The van der Waals surface area contributed by atoms with Gasteiger partial charge >= 0.3 is 0 Å². The van der Waals surface area contributed by atoms with Gasteiger partial charge in [0.15, 0.2) is 0 Å². The number of rotatable bonds is 3. The Hall–Kier alpha value is -1.06. The lowest BCUT2D eigenvalue weighted by Gasteiger charge is -2.19. The summed E-state index contributed by atoms with van der Waals surface area (Å²) in [6, 6.07) is 6.03. The second-order valence-electron chi connectivity index (χ2n) is 4.99. The van der Waals surface area contributed by atoms with E-state index in [0.29, 0.717) is 6.61 Å². The summed E-state index contributed by atoms with van der Waals surface area (Å²) >= 11 is 0. The van der Waals surface area contributed by atoms with E-state index in [4.69, 9.17) is 4.74 Å². The largest absolute Gasteiger partial charge is 0.490 e. The molecule has 3 nitrogen and oxygen atoms in total. The smallest absolute Gasteiger partial charge is 0.128 e. The minimum Gasteiger partial charge on any atom is -0.490 e. The average Bonchev–Trinajstić information content (AvgIpc) is 2.57. The highest BCUT2D eigenvalue weighted by atomic mass is 16.5. The van der Waals surface area contributed by atoms with Crippen LogP contribution in [-0.4, -0.2) is 23.9 Å². The molecule has 0 aliphatic carbocycles. The first-order chi connectivity index (χ1) is 7.47. The maximum Gasteiger partial charge on any atom is 0.128 e. The molecule has 0 fully saturated rings. The van der Waals surface area contributed by atoms with E-state index in [-0.39, 0.29) is 0 Å². The standard InChI is InChI=1S/C13H19NO2/c1-13(2,15)9-16-12-6-4-5-11-10(12)7-8-14(11)3/h4-6,14-15H,3,7-9H2,1-2H3. The highest BCUT2D eigenvalue weighted by molar-refractivity contribution is 5.51. The van der Waals surface area contributed by atoms with Gasteiger partial charge < -0.3 is 14.7 Å². The fourth-order valence-corrected chi connectivity index (χ4v) is 1.95. The molecule has 1 aliphatic rings. The Labute approximate surface area is 96.6 Å². The summed E-state index contributed by atoms with van der Waals surface area (Å²) in [5, 5.41) is 9.64. The predicted octanol–water partition coefficient (Wildman–Crippen LogP) is 0.700. The van der Waals surface area contributed by atoms with Gasteiger partial charge in [-0.15, -0.1) is 7.05 Å². The van der Waals surface area contributed by atoms with Crippen molar-refractivity contribution in [3.63, 3.8) is 0 Å². The summed E-state index contributed by atoms with van der Waals surface area (Å²) in [6.07, 6.45) is 0.996. The Morgan fingerprint density at radius 3 is 2.94 bits per heavy atom. The van der Waals surface area contributed by atoms with Crippen LogP contribution >= 0.6 is 0 Å². The lowest BCUT2D eigenvalue weighted by Crippen LogP contribution is -3.00. The van der Waals surface area contributed by atoms with Crippen LogP contribution in [0.3, 0.4) is 0 Å². The first-order valence-electron chi connectivity index (χ1n) is 5.62. The Balaban J connectivity index is 2.17. The molecule has 0 saturated heterocycles. The van der Waals surface area contributed by atoms with Gasteiger partial charge in [-0.3, -0.25) is 0 Å². The summed E-state index contributed by atoms with van der Waals surface area (Å²) in [5.74, 6) is 0.887. The quantitative estimate of drug-likeness (QED) is 0.737. The normalized spacial score (nSPS) is 19.6. The monoisotopic (exact) mass is 221 g/mol. The first-order valence-corrected chi connectivity index (χ1v) is 5.62. The second-order valence-corrected chi connectivity index (χ2v) is 4.99. The Kier molecular flexibility index (Phi) is 2.91. The Morgan fingerprint density at radius 1 is 1.50 bits per heavy atom. The number of nitrogens with one attached hydrogen (secondary N) is 1. The highest BCUT2D eigenvalue weighted by Crippen LogP contribution is 2.27. The van der Waals surface area contributed by atoms with E-state index < -0.39 is 5.60 Å². The summed E-state index contributed by atoms with van der Waals surface area (Å²) in [4.78, 5) is 1.18. The van der Waals surface area contributed by atoms with Crippen LogP contribution in [0.1, 0.15) is 19.4 Å². The summed E-state index contributed by atoms with van der Waals surface area (Å²) < 4.78 is 5.67. The molecule has 1 aromatic carbocycles. The van der Waals surface area contributed by atoms with Crippen molar-refractivity contribution in [1.29, 1.82) is 0 Å². The molecule has 3 heteroatoms. The summed E-state index contributed by atoms with van der Waals surface area (Å²) in [5.41, 5.74) is 1.66. The third kappa shape index (κ3) is 2.36. The van der Waals surface area contributed by atoms with Gasteiger partial charge in [-0.05, 0) is 26.0 Å². The van der Waals surface area contributed by atoms with Crippen LogP contribution < -0.4 is 9.64 Å². The maximum atomic E-state index is 9.64. The van der Waals surface area contributed by atoms with Gasteiger partial charge in [-0.2, -0.15) is 0 Å². The predicted molar refractivity (Wildman–Crippen MR) is 62.8 cm³/mol. The number of hydrogen-bond donors (Lipinski definition) is 2.